The van der Waals surface area contributed by atoms with E-state index in [1.807, 2.05) is 10.8 Å². The summed E-state index contributed by atoms with van der Waals surface area (Å²) in [4.78, 5) is 4.04. The highest BCUT2D eigenvalue weighted by atomic mass is 32.2. The molecular weight excluding hydrogens is 286 g/mol. The molecule has 0 radical (unpaired) electrons. The van der Waals surface area contributed by atoms with Gasteiger partial charge in [0.05, 0.1) is 12.1 Å². The second-order valence-electron chi connectivity index (χ2n) is 6.45. The second kappa shape index (κ2) is 6.48. The van der Waals surface area contributed by atoms with E-state index in [1.165, 1.54) is 19.3 Å². The standard InChI is InChI=1S/C15H25N3O2S/c19-21(20,12-14-5-2-1-3-6-14)18-9-4-7-15(18)11-17-10-8-16-13-17/h8,10,13-15H,1-7,9,11-12H2. The number of imidazole rings is 1. The molecule has 118 valence electrons. The van der Waals surface area contributed by atoms with Crippen LogP contribution in [0.25, 0.3) is 0 Å². The maximum absolute atomic E-state index is 12.7. The lowest BCUT2D eigenvalue weighted by Gasteiger charge is -2.28. The van der Waals surface area contributed by atoms with E-state index in [4.69, 9.17) is 0 Å². The van der Waals surface area contributed by atoms with Crippen molar-refractivity contribution in [3.8, 4) is 0 Å². The molecule has 0 amide bonds. The lowest BCUT2D eigenvalue weighted by molar-refractivity contribution is 0.337. The number of aromatic nitrogens is 2. The van der Waals surface area contributed by atoms with Crippen LogP contribution in [-0.4, -0.2) is 40.6 Å². The third-order valence-corrected chi connectivity index (χ3v) is 6.92. The zero-order valence-electron chi connectivity index (χ0n) is 12.5. The lowest BCUT2D eigenvalue weighted by Crippen LogP contribution is -2.40. The van der Waals surface area contributed by atoms with Gasteiger partial charge in [0.25, 0.3) is 0 Å². The van der Waals surface area contributed by atoms with E-state index in [2.05, 4.69) is 4.98 Å². The van der Waals surface area contributed by atoms with Crippen molar-refractivity contribution in [2.45, 2.75) is 57.5 Å². The molecule has 1 saturated heterocycles. The Bertz CT molecular complexity index is 535. The van der Waals surface area contributed by atoms with Gasteiger partial charge in [-0.1, -0.05) is 19.3 Å². The van der Waals surface area contributed by atoms with E-state index in [9.17, 15) is 8.42 Å². The van der Waals surface area contributed by atoms with Crippen LogP contribution in [0, 0.1) is 5.92 Å². The first-order valence-electron chi connectivity index (χ1n) is 8.10. The Balaban J connectivity index is 1.65. The van der Waals surface area contributed by atoms with Crippen LogP contribution in [0.2, 0.25) is 0 Å². The molecule has 0 spiro atoms. The van der Waals surface area contributed by atoms with Gasteiger partial charge in [-0.05, 0) is 31.6 Å². The molecule has 0 N–H and O–H groups in total. The first-order chi connectivity index (χ1) is 10.1. The zero-order chi connectivity index (χ0) is 14.7. The van der Waals surface area contributed by atoms with Crippen LogP contribution >= 0.6 is 0 Å². The summed E-state index contributed by atoms with van der Waals surface area (Å²) in [7, 11) is -3.11. The van der Waals surface area contributed by atoms with E-state index in [1.54, 1.807) is 16.8 Å². The fourth-order valence-corrected chi connectivity index (χ4v) is 5.90. The minimum Gasteiger partial charge on any atom is -0.336 e. The molecule has 1 aliphatic heterocycles. The molecule has 1 aliphatic carbocycles. The summed E-state index contributed by atoms with van der Waals surface area (Å²) in [6, 6.07) is 0.104. The fraction of sp³-hybridized carbons (Fsp3) is 0.800. The van der Waals surface area contributed by atoms with E-state index < -0.39 is 10.0 Å². The molecule has 2 heterocycles. The number of rotatable bonds is 5. The Morgan fingerprint density at radius 1 is 1.10 bits per heavy atom. The van der Waals surface area contributed by atoms with Crippen molar-refractivity contribution in [3.63, 3.8) is 0 Å². The summed E-state index contributed by atoms with van der Waals surface area (Å²) in [5.41, 5.74) is 0. The van der Waals surface area contributed by atoms with Gasteiger partial charge in [-0.15, -0.1) is 0 Å². The van der Waals surface area contributed by atoms with Crippen LogP contribution in [0.15, 0.2) is 18.7 Å². The smallest absolute Gasteiger partial charge is 0.214 e. The molecule has 1 aromatic rings. The number of hydrogen-bond acceptors (Lipinski definition) is 3. The van der Waals surface area contributed by atoms with Gasteiger partial charge in [-0.3, -0.25) is 0 Å². The van der Waals surface area contributed by atoms with Gasteiger partial charge in [-0.2, -0.15) is 4.31 Å². The monoisotopic (exact) mass is 311 g/mol. The number of nitrogens with zero attached hydrogens (tertiary/aromatic N) is 3. The number of sulfonamides is 1. The Kier molecular flexibility index (Phi) is 4.64. The molecular formula is C15H25N3O2S. The van der Waals surface area contributed by atoms with Crippen LogP contribution in [0.4, 0.5) is 0 Å². The molecule has 5 nitrogen and oxygen atoms in total. The number of hydrogen-bond donors (Lipinski definition) is 0. The van der Waals surface area contributed by atoms with Gasteiger partial charge in [0, 0.05) is 31.5 Å². The van der Waals surface area contributed by atoms with Crippen molar-refractivity contribution < 1.29 is 8.42 Å². The summed E-state index contributed by atoms with van der Waals surface area (Å²) in [6.45, 7) is 1.41. The van der Waals surface area contributed by atoms with Crippen LogP contribution in [-0.2, 0) is 16.6 Å². The Morgan fingerprint density at radius 2 is 1.90 bits per heavy atom. The van der Waals surface area contributed by atoms with E-state index >= 15 is 0 Å². The predicted molar refractivity (Wildman–Crippen MR) is 82.3 cm³/mol. The van der Waals surface area contributed by atoms with Crippen molar-refractivity contribution in [1.82, 2.24) is 13.9 Å². The molecule has 0 bridgehead atoms. The highest BCUT2D eigenvalue weighted by molar-refractivity contribution is 7.89. The third-order valence-electron chi connectivity index (χ3n) is 4.83. The Hall–Kier alpha value is -0.880. The molecule has 1 unspecified atom stereocenters. The highest BCUT2D eigenvalue weighted by Crippen LogP contribution is 2.29. The first kappa shape index (κ1) is 15.0. The van der Waals surface area contributed by atoms with Crippen LogP contribution in [0.5, 0.6) is 0 Å². The average Bonchev–Trinajstić information content (AvgIpc) is 3.11. The largest absolute Gasteiger partial charge is 0.336 e. The summed E-state index contributed by atoms with van der Waals surface area (Å²) in [6.07, 6.45) is 13.2. The quantitative estimate of drug-likeness (QED) is 0.838. The SMILES string of the molecule is O=S(=O)(CC1CCCCC1)N1CCCC1Cn1ccnc1. The van der Waals surface area contributed by atoms with Gasteiger partial charge >= 0.3 is 0 Å². The van der Waals surface area contributed by atoms with Crippen molar-refractivity contribution in [3.05, 3.63) is 18.7 Å². The molecule has 1 saturated carbocycles. The van der Waals surface area contributed by atoms with Crippen molar-refractivity contribution in [2.24, 2.45) is 5.92 Å². The molecule has 2 fully saturated rings. The van der Waals surface area contributed by atoms with E-state index in [-0.39, 0.29) is 6.04 Å². The molecule has 1 aromatic heterocycles. The highest BCUT2D eigenvalue weighted by Gasteiger charge is 2.35. The van der Waals surface area contributed by atoms with Gasteiger partial charge in [0.15, 0.2) is 0 Å². The lowest BCUT2D eigenvalue weighted by atomic mass is 9.91. The fourth-order valence-electron chi connectivity index (χ4n) is 3.74. The predicted octanol–water partition coefficient (Wildman–Crippen LogP) is 2.26. The van der Waals surface area contributed by atoms with Crippen LogP contribution in [0.3, 0.4) is 0 Å². The Labute approximate surface area is 127 Å². The van der Waals surface area contributed by atoms with E-state index in [0.29, 0.717) is 18.2 Å². The molecule has 21 heavy (non-hydrogen) atoms. The third kappa shape index (κ3) is 3.66. The van der Waals surface area contributed by atoms with Gasteiger partial charge in [0.1, 0.15) is 0 Å². The second-order valence-corrected chi connectivity index (χ2v) is 8.42. The van der Waals surface area contributed by atoms with Crippen molar-refractivity contribution in [1.29, 1.82) is 0 Å². The zero-order valence-corrected chi connectivity index (χ0v) is 13.3. The van der Waals surface area contributed by atoms with Gasteiger partial charge < -0.3 is 4.57 Å². The molecule has 1 atom stereocenters. The maximum Gasteiger partial charge on any atom is 0.214 e. The van der Waals surface area contributed by atoms with Crippen molar-refractivity contribution in [2.75, 3.05) is 12.3 Å². The summed E-state index contributed by atoms with van der Waals surface area (Å²) in [5.74, 6) is 0.728. The Morgan fingerprint density at radius 3 is 2.62 bits per heavy atom. The van der Waals surface area contributed by atoms with Crippen LogP contribution < -0.4 is 0 Å². The van der Waals surface area contributed by atoms with Crippen LogP contribution in [0.1, 0.15) is 44.9 Å². The summed E-state index contributed by atoms with van der Waals surface area (Å²) >= 11 is 0. The summed E-state index contributed by atoms with van der Waals surface area (Å²) < 4.78 is 29.2. The molecule has 2 aliphatic rings. The minimum absolute atomic E-state index is 0.104. The van der Waals surface area contributed by atoms with Gasteiger partial charge in [-0.25, -0.2) is 13.4 Å². The summed E-state index contributed by atoms with van der Waals surface area (Å²) in [5, 5.41) is 0. The van der Waals surface area contributed by atoms with Crippen molar-refractivity contribution >= 4 is 10.0 Å². The van der Waals surface area contributed by atoms with E-state index in [0.717, 1.165) is 32.2 Å². The maximum atomic E-state index is 12.7. The topological polar surface area (TPSA) is 55.2 Å². The normalized spacial score (nSPS) is 25.4. The average molecular weight is 311 g/mol. The minimum atomic E-state index is -3.11. The molecule has 6 heteroatoms. The first-order valence-corrected chi connectivity index (χ1v) is 9.71. The molecule has 3 rings (SSSR count). The van der Waals surface area contributed by atoms with Gasteiger partial charge in [0.2, 0.25) is 10.0 Å². The molecule has 0 aromatic carbocycles.